The Morgan fingerprint density at radius 3 is 2.51 bits per heavy atom. The predicted octanol–water partition coefficient (Wildman–Crippen LogP) is 6.27. The lowest BCUT2D eigenvalue weighted by Crippen LogP contribution is -2.25. The Kier molecular flexibility index (Phi) is 8.55. The number of carbonyl (C=O) groups is 1. The highest BCUT2D eigenvalue weighted by Gasteiger charge is 2.12. The van der Waals surface area contributed by atoms with Gasteiger partial charge < -0.3 is 14.6 Å². The van der Waals surface area contributed by atoms with Crippen LogP contribution in [0.25, 0.3) is 11.0 Å². The molecule has 1 heterocycles. The number of nitrogens with zero attached hydrogens (tertiary/aromatic N) is 2. The minimum atomic E-state index is 0.0385. The summed E-state index contributed by atoms with van der Waals surface area (Å²) in [6.45, 7) is 6.27. The number of fused-ring (bicyclic) bond motifs is 1. The number of aryl methyl sites for hydroxylation is 2. The number of aromatic nitrogens is 2. The summed E-state index contributed by atoms with van der Waals surface area (Å²) in [5, 5.41) is 3.05. The van der Waals surface area contributed by atoms with E-state index in [-0.39, 0.29) is 5.91 Å². The van der Waals surface area contributed by atoms with Crippen LogP contribution in [0, 0.1) is 0 Å². The average molecular weight is 470 g/mol. The van der Waals surface area contributed by atoms with Crippen LogP contribution in [-0.2, 0) is 24.3 Å². The van der Waals surface area contributed by atoms with Gasteiger partial charge in [0.1, 0.15) is 11.6 Å². The summed E-state index contributed by atoms with van der Waals surface area (Å²) in [6.07, 6.45) is 3.18. The monoisotopic (exact) mass is 469 g/mol. The molecule has 0 saturated carbocycles. The largest absolute Gasteiger partial charge is 0.494 e. The van der Waals surface area contributed by atoms with Gasteiger partial charge in [-0.05, 0) is 60.6 Å². The molecule has 0 aliphatic rings. The van der Waals surface area contributed by atoms with Crippen LogP contribution >= 0.6 is 0 Å². The van der Waals surface area contributed by atoms with Gasteiger partial charge in [-0.3, -0.25) is 4.79 Å². The molecule has 5 heteroatoms. The van der Waals surface area contributed by atoms with E-state index in [1.54, 1.807) is 0 Å². The van der Waals surface area contributed by atoms with Crippen molar-refractivity contribution in [1.82, 2.24) is 14.9 Å². The molecule has 1 N–H and O–H groups in total. The first-order chi connectivity index (χ1) is 17.1. The second kappa shape index (κ2) is 12.2. The molecule has 4 aromatic rings. The number of amides is 1. The maximum absolute atomic E-state index is 12.5. The van der Waals surface area contributed by atoms with Gasteiger partial charge in [0.05, 0.1) is 24.2 Å². The zero-order chi connectivity index (χ0) is 24.5. The topological polar surface area (TPSA) is 56.1 Å². The van der Waals surface area contributed by atoms with Crippen LogP contribution in [0.2, 0.25) is 0 Å². The quantitative estimate of drug-likeness (QED) is 0.249. The number of nitrogens with one attached hydrogen (secondary N) is 1. The van der Waals surface area contributed by atoms with Crippen molar-refractivity contribution in [2.45, 2.75) is 58.5 Å². The Balaban J connectivity index is 1.32. The van der Waals surface area contributed by atoms with E-state index in [1.165, 1.54) is 11.1 Å². The molecule has 0 bridgehead atoms. The summed E-state index contributed by atoms with van der Waals surface area (Å²) in [4.78, 5) is 17.2. The molecule has 182 valence electrons. The molecular weight excluding hydrogens is 434 g/mol. The number of carbonyl (C=O) groups excluding carboxylic acids is 1. The van der Waals surface area contributed by atoms with Gasteiger partial charge in [-0.15, -0.1) is 0 Å². The van der Waals surface area contributed by atoms with Crippen LogP contribution < -0.4 is 10.1 Å². The summed E-state index contributed by atoms with van der Waals surface area (Å²) < 4.78 is 8.19. The van der Waals surface area contributed by atoms with E-state index < -0.39 is 0 Å². The highest BCUT2D eigenvalue weighted by Crippen LogP contribution is 2.22. The fraction of sp³-hybridized carbons (Fsp3) is 0.333. The third-order valence-corrected chi connectivity index (χ3v) is 6.52. The standard InChI is InChI=1S/C30H35N3O2/c1-3-23(2)25-15-17-26(18-16-25)35-21-9-20-33-28-13-8-7-12-27(28)32-29(33)22-31-30(34)19-14-24-10-5-4-6-11-24/h4-8,10-13,15-18,23H,3,9,14,19-22H2,1-2H3,(H,31,34). The van der Waals surface area contributed by atoms with Crippen molar-refractivity contribution < 1.29 is 9.53 Å². The molecule has 0 aliphatic carbocycles. The smallest absolute Gasteiger partial charge is 0.220 e. The van der Waals surface area contributed by atoms with Crippen LogP contribution in [-0.4, -0.2) is 22.1 Å². The molecule has 5 nitrogen and oxygen atoms in total. The van der Waals surface area contributed by atoms with Crippen molar-refractivity contribution in [3.05, 3.63) is 95.8 Å². The molecule has 0 saturated heterocycles. The van der Waals surface area contributed by atoms with Crippen molar-refractivity contribution in [3.63, 3.8) is 0 Å². The molecule has 1 aromatic heterocycles. The van der Waals surface area contributed by atoms with Crippen LogP contribution in [0.3, 0.4) is 0 Å². The lowest BCUT2D eigenvalue weighted by atomic mass is 9.99. The molecule has 35 heavy (non-hydrogen) atoms. The van der Waals surface area contributed by atoms with Gasteiger partial charge in [-0.2, -0.15) is 0 Å². The first kappa shape index (κ1) is 24.5. The maximum atomic E-state index is 12.5. The maximum Gasteiger partial charge on any atom is 0.220 e. The van der Waals surface area contributed by atoms with E-state index in [4.69, 9.17) is 9.72 Å². The summed E-state index contributed by atoms with van der Waals surface area (Å²) in [5.41, 5.74) is 4.55. The molecular formula is C30H35N3O2. The Morgan fingerprint density at radius 2 is 1.74 bits per heavy atom. The van der Waals surface area contributed by atoms with E-state index in [0.717, 1.165) is 48.4 Å². The third kappa shape index (κ3) is 6.72. The van der Waals surface area contributed by atoms with Crippen molar-refractivity contribution in [3.8, 4) is 5.75 Å². The molecule has 1 unspecified atom stereocenters. The minimum Gasteiger partial charge on any atom is -0.494 e. The minimum absolute atomic E-state index is 0.0385. The van der Waals surface area contributed by atoms with Crippen LogP contribution in [0.4, 0.5) is 0 Å². The molecule has 0 aliphatic heterocycles. The number of benzene rings is 3. The van der Waals surface area contributed by atoms with Gasteiger partial charge in [0, 0.05) is 13.0 Å². The van der Waals surface area contributed by atoms with Gasteiger partial charge in [0.15, 0.2) is 0 Å². The van der Waals surface area contributed by atoms with Gasteiger partial charge in [0.25, 0.3) is 0 Å². The Hall–Kier alpha value is -3.60. The number of hydrogen-bond acceptors (Lipinski definition) is 3. The first-order valence-corrected chi connectivity index (χ1v) is 12.6. The summed E-state index contributed by atoms with van der Waals surface area (Å²) in [6, 6.07) is 26.6. The molecule has 0 radical (unpaired) electrons. The molecule has 3 aromatic carbocycles. The number of hydrogen-bond donors (Lipinski definition) is 1. The van der Waals surface area contributed by atoms with Gasteiger partial charge in [-0.25, -0.2) is 4.98 Å². The molecule has 1 amide bonds. The normalized spacial score (nSPS) is 11.9. The lowest BCUT2D eigenvalue weighted by molar-refractivity contribution is -0.121. The Bertz CT molecular complexity index is 1220. The Morgan fingerprint density at radius 1 is 1.00 bits per heavy atom. The van der Waals surface area contributed by atoms with Crippen molar-refractivity contribution in [1.29, 1.82) is 0 Å². The van der Waals surface area contributed by atoms with E-state index in [2.05, 4.69) is 66.2 Å². The van der Waals surface area contributed by atoms with E-state index >= 15 is 0 Å². The first-order valence-electron chi connectivity index (χ1n) is 12.6. The van der Waals surface area contributed by atoms with Gasteiger partial charge >= 0.3 is 0 Å². The highest BCUT2D eigenvalue weighted by atomic mass is 16.5. The summed E-state index contributed by atoms with van der Waals surface area (Å²) in [7, 11) is 0. The SMILES string of the molecule is CCC(C)c1ccc(OCCCn2c(CNC(=O)CCc3ccccc3)nc3ccccc32)cc1. The average Bonchev–Trinajstić information content (AvgIpc) is 3.26. The van der Waals surface area contributed by atoms with Crippen LogP contribution in [0.15, 0.2) is 78.9 Å². The number of imidazole rings is 1. The molecule has 4 rings (SSSR count). The highest BCUT2D eigenvalue weighted by molar-refractivity contribution is 5.77. The fourth-order valence-electron chi connectivity index (χ4n) is 4.22. The number of ether oxygens (including phenoxy) is 1. The molecule has 1 atom stereocenters. The van der Waals surface area contributed by atoms with E-state index in [1.807, 2.05) is 36.4 Å². The molecule has 0 spiro atoms. The van der Waals surface area contributed by atoms with Gasteiger partial charge in [-0.1, -0.05) is 68.4 Å². The lowest BCUT2D eigenvalue weighted by Gasteiger charge is -2.12. The molecule has 0 fully saturated rings. The summed E-state index contributed by atoms with van der Waals surface area (Å²) >= 11 is 0. The second-order valence-electron chi connectivity index (χ2n) is 9.01. The van der Waals surface area contributed by atoms with Crippen molar-refractivity contribution in [2.24, 2.45) is 0 Å². The zero-order valence-corrected chi connectivity index (χ0v) is 20.7. The zero-order valence-electron chi connectivity index (χ0n) is 20.7. The van der Waals surface area contributed by atoms with E-state index in [0.29, 0.717) is 25.5 Å². The van der Waals surface area contributed by atoms with Crippen LogP contribution in [0.1, 0.15) is 56.0 Å². The second-order valence-corrected chi connectivity index (χ2v) is 9.01. The number of para-hydroxylation sites is 2. The van der Waals surface area contributed by atoms with Gasteiger partial charge in [0.2, 0.25) is 5.91 Å². The van der Waals surface area contributed by atoms with E-state index in [9.17, 15) is 4.79 Å². The predicted molar refractivity (Wildman–Crippen MR) is 142 cm³/mol. The Labute approximate surface area is 208 Å². The van der Waals surface area contributed by atoms with Crippen LogP contribution in [0.5, 0.6) is 5.75 Å². The third-order valence-electron chi connectivity index (χ3n) is 6.52. The van der Waals surface area contributed by atoms with Crippen molar-refractivity contribution in [2.75, 3.05) is 6.61 Å². The summed E-state index contributed by atoms with van der Waals surface area (Å²) in [5.74, 6) is 2.38. The van der Waals surface area contributed by atoms with Crippen molar-refractivity contribution >= 4 is 16.9 Å². The fourth-order valence-corrected chi connectivity index (χ4v) is 4.22. The number of rotatable bonds is 12.